The average molecular weight is 247 g/mol. The molecule has 0 saturated heterocycles. The van der Waals surface area contributed by atoms with Crippen LogP contribution in [0.15, 0.2) is 30.3 Å². The zero-order valence-corrected chi connectivity index (χ0v) is 10.9. The molecule has 1 aromatic carbocycles. The van der Waals surface area contributed by atoms with Gasteiger partial charge in [-0.1, -0.05) is 30.3 Å². The Hall–Kier alpha value is -1.64. The van der Waals surface area contributed by atoms with Crippen LogP contribution in [-0.4, -0.2) is 18.2 Å². The highest BCUT2D eigenvalue weighted by atomic mass is 16.1. The molecule has 0 aromatic heterocycles. The third-order valence-corrected chi connectivity index (χ3v) is 2.77. The van der Waals surface area contributed by atoms with Crippen molar-refractivity contribution in [3.05, 3.63) is 35.9 Å². The quantitative estimate of drug-likeness (QED) is 0.566. The van der Waals surface area contributed by atoms with E-state index in [9.17, 15) is 9.59 Å². The topological polar surface area (TPSA) is 46.2 Å². The predicted molar refractivity (Wildman–Crippen MR) is 72.3 cm³/mol. The highest BCUT2D eigenvalue weighted by Gasteiger charge is 2.07. The van der Waals surface area contributed by atoms with E-state index in [1.165, 1.54) is 5.56 Å². The van der Waals surface area contributed by atoms with Crippen molar-refractivity contribution in [2.24, 2.45) is 0 Å². The molecule has 98 valence electrons. The Morgan fingerprint density at radius 2 is 2.00 bits per heavy atom. The summed E-state index contributed by atoms with van der Waals surface area (Å²) in [5.74, 6) is 0.0735. The number of carbonyl (C=O) groups excluding carboxylic acids is 2. The number of aldehydes is 1. The largest absolute Gasteiger partial charge is 0.353 e. The summed E-state index contributed by atoms with van der Waals surface area (Å²) in [6.45, 7) is 2.01. The molecule has 0 saturated carbocycles. The molecular formula is C15H21NO2. The van der Waals surface area contributed by atoms with Gasteiger partial charge in [0.15, 0.2) is 0 Å². The molecule has 1 rings (SSSR count). The van der Waals surface area contributed by atoms with E-state index in [1.54, 1.807) is 0 Å². The van der Waals surface area contributed by atoms with Crippen molar-refractivity contribution in [3.63, 3.8) is 0 Å². The number of nitrogens with one attached hydrogen (secondary N) is 1. The normalized spacial score (nSPS) is 11.8. The van der Waals surface area contributed by atoms with Crippen molar-refractivity contribution in [2.45, 2.75) is 45.1 Å². The van der Waals surface area contributed by atoms with E-state index in [0.29, 0.717) is 12.8 Å². The van der Waals surface area contributed by atoms with Crippen molar-refractivity contribution in [2.75, 3.05) is 0 Å². The molecule has 0 radical (unpaired) electrons. The first kappa shape index (κ1) is 14.4. The van der Waals surface area contributed by atoms with Crippen LogP contribution in [0.3, 0.4) is 0 Å². The maximum absolute atomic E-state index is 11.6. The summed E-state index contributed by atoms with van der Waals surface area (Å²) in [5.41, 5.74) is 1.23. The molecule has 0 fully saturated rings. The lowest BCUT2D eigenvalue weighted by Crippen LogP contribution is -2.33. The molecule has 0 spiro atoms. The minimum absolute atomic E-state index is 0.0735. The Bertz CT molecular complexity index is 362. The molecule has 0 bridgehead atoms. The highest BCUT2D eigenvalue weighted by Crippen LogP contribution is 2.04. The maximum Gasteiger partial charge on any atom is 0.220 e. The minimum atomic E-state index is 0.0735. The van der Waals surface area contributed by atoms with Crippen LogP contribution in [0, 0.1) is 0 Å². The summed E-state index contributed by atoms with van der Waals surface area (Å²) in [6, 6.07) is 10.3. The van der Waals surface area contributed by atoms with E-state index in [4.69, 9.17) is 0 Å². The average Bonchev–Trinajstić information content (AvgIpc) is 2.35. The van der Waals surface area contributed by atoms with Gasteiger partial charge in [-0.15, -0.1) is 0 Å². The number of rotatable bonds is 8. The fourth-order valence-corrected chi connectivity index (χ4v) is 1.88. The lowest BCUT2D eigenvalue weighted by atomic mass is 10.1. The number of unbranched alkanes of at least 4 members (excludes halogenated alkanes) is 2. The SMILES string of the molecule is CC(Cc1ccccc1)NC(=O)CCCCC=O. The van der Waals surface area contributed by atoms with Crippen LogP contribution in [0.5, 0.6) is 0 Å². The maximum atomic E-state index is 11.6. The van der Waals surface area contributed by atoms with E-state index in [-0.39, 0.29) is 11.9 Å². The molecule has 18 heavy (non-hydrogen) atoms. The molecule has 3 nitrogen and oxygen atoms in total. The van der Waals surface area contributed by atoms with Crippen molar-refractivity contribution < 1.29 is 9.59 Å². The van der Waals surface area contributed by atoms with Crippen LogP contribution in [0.1, 0.15) is 38.2 Å². The monoisotopic (exact) mass is 247 g/mol. The van der Waals surface area contributed by atoms with Crippen LogP contribution >= 0.6 is 0 Å². The van der Waals surface area contributed by atoms with Crippen molar-refractivity contribution in [1.82, 2.24) is 5.32 Å². The molecule has 1 unspecified atom stereocenters. The van der Waals surface area contributed by atoms with E-state index in [0.717, 1.165) is 25.5 Å². The first-order chi connectivity index (χ1) is 8.72. The van der Waals surface area contributed by atoms with E-state index < -0.39 is 0 Å². The van der Waals surface area contributed by atoms with Crippen LogP contribution < -0.4 is 5.32 Å². The van der Waals surface area contributed by atoms with Gasteiger partial charge in [0, 0.05) is 18.9 Å². The van der Waals surface area contributed by atoms with E-state index >= 15 is 0 Å². The Morgan fingerprint density at radius 3 is 2.67 bits per heavy atom. The van der Waals surface area contributed by atoms with Crippen LogP contribution in [0.25, 0.3) is 0 Å². The Morgan fingerprint density at radius 1 is 1.28 bits per heavy atom. The Labute approximate surface area is 109 Å². The van der Waals surface area contributed by atoms with E-state index in [1.807, 2.05) is 25.1 Å². The molecule has 0 aliphatic carbocycles. The van der Waals surface area contributed by atoms with Gasteiger partial charge >= 0.3 is 0 Å². The Kier molecular flexibility index (Phi) is 6.77. The van der Waals surface area contributed by atoms with Gasteiger partial charge < -0.3 is 10.1 Å². The number of hydrogen-bond acceptors (Lipinski definition) is 2. The van der Waals surface area contributed by atoms with Gasteiger partial charge in [-0.3, -0.25) is 4.79 Å². The first-order valence-corrected chi connectivity index (χ1v) is 6.49. The van der Waals surface area contributed by atoms with Crippen LogP contribution in [0.4, 0.5) is 0 Å². The summed E-state index contributed by atoms with van der Waals surface area (Å²) in [6.07, 6.45) is 4.38. The molecule has 1 amide bonds. The van der Waals surface area contributed by atoms with Gasteiger partial charge in [0.2, 0.25) is 5.91 Å². The fourth-order valence-electron chi connectivity index (χ4n) is 1.88. The second-order valence-electron chi connectivity index (χ2n) is 4.57. The molecule has 1 aromatic rings. The second kappa shape index (κ2) is 8.45. The first-order valence-electron chi connectivity index (χ1n) is 6.49. The smallest absolute Gasteiger partial charge is 0.220 e. The second-order valence-corrected chi connectivity index (χ2v) is 4.57. The Balaban J connectivity index is 2.21. The van der Waals surface area contributed by atoms with Gasteiger partial charge in [0.1, 0.15) is 6.29 Å². The van der Waals surface area contributed by atoms with Crippen LogP contribution in [0.2, 0.25) is 0 Å². The van der Waals surface area contributed by atoms with Crippen LogP contribution in [-0.2, 0) is 16.0 Å². The standard InChI is InChI=1S/C15H21NO2/c1-13(12-14-8-4-2-5-9-14)16-15(18)10-6-3-7-11-17/h2,4-5,8-9,11,13H,3,6-7,10,12H2,1H3,(H,16,18). The lowest BCUT2D eigenvalue weighted by Gasteiger charge is -2.13. The molecular weight excluding hydrogens is 226 g/mol. The number of carbonyl (C=O) groups is 2. The molecule has 1 atom stereocenters. The summed E-state index contributed by atoms with van der Waals surface area (Å²) in [7, 11) is 0. The molecule has 3 heteroatoms. The third kappa shape index (κ3) is 6.18. The van der Waals surface area contributed by atoms with Crippen molar-refractivity contribution in [3.8, 4) is 0 Å². The highest BCUT2D eigenvalue weighted by molar-refractivity contribution is 5.76. The van der Waals surface area contributed by atoms with Crippen molar-refractivity contribution >= 4 is 12.2 Å². The van der Waals surface area contributed by atoms with Gasteiger partial charge in [0.05, 0.1) is 0 Å². The van der Waals surface area contributed by atoms with Gasteiger partial charge in [0.25, 0.3) is 0 Å². The number of hydrogen-bond donors (Lipinski definition) is 1. The third-order valence-electron chi connectivity index (χ3n) is 2.77. The molecule has 1 N–H and O–H groups in total. The minimum Gasteiger partial charge on any atom is -0.353 e. The summed E-state index contributed by atoms with van der Waals surface area (Å²) >= 11 is 0. The van der Waals surface area contributed by atoms with Gasteiger partial charge in [-0.25, -0.2) is 0 Å². The van der Waals surface area contributed by atoms with E-state index in [2.05, 4.69) is 17.4 Å². The number of amides is 1. The summed E-state index contributed by atoms with van der Waals surface area (Å²) in [5, 5.41) is 2.98. The zero-order valence-electron chi connectivity index (χ0n) is 10.9. The summed E-state index contributed by atoms with van der Waals surface area (Å²) in [4.78, 5) is 21.7. The summed E-state index contributed by atoms with van der Waals surface area (Å²) < 4.78 is 0. The predicted octanol–water partition coefficient (Wildman–Crippen LogP) is 2.49. The van der Waals surface area contributed by atoms with Crippen molar-refractivity contribution in [1.29, 1.82) is 0 Å². The zero-order chi connectivity index (χ0) is 13.2. The molecule has 0 aliphatic heterocycles. The fraction of sp³-hybridized carbons (Fsp3) is 0.467. The van der Waals surface area contributed by atoms with Gasteiger partial charge in [-0.2, -0.15) is 0 Å². The molecule has 0 heterocycles. The van der Waals surface area contributed by atoms with Gasteiger partial charge in [-0.05, 0) is 31.7 Å². The lowest BCUT2D eigenvalue weighted by molar-refractivity contribution is -0.122. The number of benzene rings is 1. The molecule has 0 aliphatic rings.